The van der Waals surface area contributed by atoms with E-state index in [1.54, 1.807) is 0 Å². The number of aromatic nitrogens is 5. The summed E-state index contributed by atoms with van der Waals surface area (Å²) in [5, 5.41) is 0. The highest BCUT2D eigenvalue weighted by atomic mass is 15.0. The van der Waals surface area contributed by atoms with E-state index in [1.165, 1.54) is 0 Å². The Morgan fingerprint density at radius 3 is 1.37 bits per heavy atom. The maximum atomic E-state index is 7.74. The fourth-order valence-corrected chi connectivity index (χ4v) is 7.71. The molecule has 2 heterocycles. The van der Waals surface area contributed by atoms with Gasteiger partial charge in [0.2, 0.25) is 0 Å². The van der Waals surface area contributed by atoms with E-state index in [1.807, 2.05) is 140 Å². The van der Waals surface area contributed by atoms with Gasteiger partial charge >= 0.3 is 0 Å². The molecule has 0 atom stereocenters. The van der Waals surface area contributed by atoms with Crippen LogP contribution in [0.5, 0.6) is 0 Å². The fraction of sp³-hybridized carbons (Fsp3) is 0. The summed E-state index contributed by atoms with van der Waals surface area (Å²) >= 11 is 0. The normalized spacial score (nSPS) is 10.9. The van der Waals surface area contributed by atoms with Crippen molar-refractivity contribution in [3.05, 3.63) is 230 Å². The maximum Gasteiger partial charge on any atom is 0.187 e. The Morgan fingerprint density at radius 1 is 0.258 bits per heavy atom. The van der Waals surface area contributed by atoms with Crippen LogP contribution in [0.4, 0.5) is 5.69 Å². The van der Waals surface area contributed by atoms with Gasteiger partial charge in [-0.25, -0.2) is 29.8 Å². The summed E-state index contributed by atoms with van der Waals surface area (Å²) in [4.78, 5) is 29.7. The molecule has 0 unspecified atom stereocenters. The summed E-state index contributed by atoms with van der Waals surface area (Å²) in [6.07, 6.45) is 0. The lowest BCUT2D eigenvalue weighted by Crippen LogP contribution is -2.02. The molecule has 0 aliphatic carbocycles. The highest BCUT2D eigenvalue weighted by Crippen LogP contribution is 2.41. The Balaban J connectivity index is 1.21. The summed E-state index contributed by atoms with van der Waals surface area (Å²) in [6.45, 7) is 7.74. The average Bonchev–Trinajstić information content (AvgIpc) is 3.37. The first-order chi connectivity index (χ1) is 30.7. The van der Waals surface area contributed by atoms with Crippen molar-refractivity contribution in [1.82, 2.24) is 24.9 Å². The lowest BCUT2D eigenvalue weighted by atomic mass is 9.90. The molecule has 0 N–H and O–H groups in total. The molecule has 0 saturated carbocycles. The minimum atomic E-state index is 0.518. The lowest BCUT2D eigenvalue weighted by Gasteiger charge is -2.17. The molecule has 0 bridgehead atoms. The monoisotopic (exact) mass is 792 g/mol. The van der Waals surface area contributed by atoms with Crippen LogP contribution in [0.2, 0.25) is 0 Å². The molecular formula is C56H36N6. The predicted octanol–water partition coefficient (Wildman–Crippen LogP) is 14.2. The minimum absolute atomic E-state index is 0.518. The number of benzene rings is 8. The molecule has 0 spiro atoms. The fourth-order valence-electron chi connectivity index (χ4n) is 7.71. The Kier molecular flexibility index (Phi) is 10.3. The molecular weight excluding hydrogens is 757 g/mol. The van der Waals surface area contributed by atoms with Crippen molar-refractivity contribution < 1.29 is 0 Å². The van der Waals surface area contributed by atoms with E-state index in [0.717, 1.165) is 78.1 Å². The first kappa shape index (κ1) is 37.6. The molecule has 10 aromatic rings. The zero-order valence-corrected chi connectivity index (χ0v) is 33.5. The van der Waals surface area contributed by atoms with E-state index in [0.29, 0.717) is 29.0 Å². The summed E-state index contributed by atoms with van der Waals surface area (Å²) in [5.74, 6) is 2.28. The largest absolute Gasteiger partial charge is 0.238 e. The maximum absolute atomic E-state index is 7.74. The van der Waals surface area contributed by atoms with Gasteiger partial charge in [0, 0.05) is 33.4 Å². The zero-order valence-electron chi connectivity index (χ0n) is 33.5. The topological polar surface area (TPSA) is 68.8 Å². The molecule has 6 heteroatoms. The minimum Gasteiger partial charge on any atom is -0.238 e. The summed E-state index contributed by atoms with van der Waals surface area (Å²) in [5.41, 5.74) is 13.5. The van der Waals surface area contributed by atoms with Gasteiger partial charge < -0.3 is 0 Å². The van der Waals surface area contributed by atoms with Gasteiger partial charge in [-0.05, 0) is 57.6 Å². The van der Waals surface area contributed by atoms with Crippen LogP contribution in [0.1, 0.15) is 0 Å². The van der Waals surface area contributed by atoms with Crippen LogP contribution in [0.25, 0.3) is 106 Å². The second-order valence-electron chi connectivity index (χ2n) is 14.8. The van der Waals surface area contributed by atoms with E-state index in [9.17, 15) is 0 Å². The quantitative estimate of drug-likeness (QED) is 0.136. The molecule has 0 fully saturated rings. The molecule has 10 rings (SSSR count). The van der Waals surface area contributed by atoms with Gasteiger partial charge in [-0.15, -0.1) is 0 Å². The molecule has 0 aliphatic rings. The Hall–Kier alpha value is -8.66. The van der Waals surface area contributed by atoms with Gasteiger partial charge in [-0.3, -0.25) is 0 Å². The molecule has 8 aromatic carbocycles. The SMILES string of the molecule is [C-]#[N+]c1cccc(-c2ccc(-c3ccccc3-c3cc(-c4ccccc4)nc(-c4ccccc4)n3)c(-c3nc(-c4ccccc4)nc(-c4cccc(-c5ccccc5)c4)n3)c2)c1. The van der Waals surface area contributed by atoms with E-state index in [2.05, 4.69) is 83.7 Å². The molecule has 2 aromatic heterocycles. The molecule has 0 aliphatic heterocycles. The van der Waals surface area contributed by atoms with Crippen molar-refractivity contribution >= 4 is 5.69 Å². The second kappa shape index (κ2) is 16.9. The van der Waals surface area contributed by atoms with Crippen molar-refractivity contribution in [2.24, 2.45) is 0 Å². The van der Waals surface area contributed by atoms with Gasteiger partial charge in [-0.2, -0.15) is 0 Å². The highest BCUT2D eigenvalue weighted by Gasteiger charge is 2.21. The van der Waals surface area contributed by atoms with Crippen LogP contribution in [-0.2, 0) is 0 Å². The van der Waals surface area contributed by atoms with Crippen molar-refractivity contribution in [3.8, 4) is 101 Å². The van der Waals surface area contributed by atoms with Gasteiger partial charge in [0.05, 0.1) is 18.0 Å². The van der Waals surface area contributed by atoms with Crippen molar-refractivity contribution in [2.45, 2.75) is 0 Å². The zero-order chi connectivity index (χ0) is 41.7. The van der Waals surface area contributed by atoms with Gasteiger partial charge in [-0.1, -0.05) is 194 Å². The molecule has 62 heavy (non-hydrogen) atoms. The first-order valence-electron chi connectivity index (χ1n) is 20.4. The van der Waals surface area contributed by atoms with E-state index >= 15 is 0 Å². The molecule has 6 nitrogen and oxygen atoms in total. The summed E-state index contributed by atoms with van der Waals surface area (Å²) in [6, 6.07) is 73.5. The summed E-state index contributed by atoms with van der Waals surface area (Å²) in [7, 11) is 0. The number of hydrogen-bond donors (Lipinski definition) is 0. The summed E-state index contributed by atoms with van der Waals surface area (Å²) < 4.78 is 0. The van der Waals surface area contributed by atoms with Crippen molar-refractivity contribution in [3.63, 3.8) is 0 Å². The molecule has 290 valence electrons. The molecule has 0 radical (unpaired) electrons. The number of hydrogen-bond acceptors (Lipinski definition) is 5. The van der Waals surface area contributed by atoms with Crippen molar-refractivity contribution in [2.75, 3.05) is 0 Å². The highest BCUT2D eigenvalue weighted by molar-refractivity contribution is 5.93. The lowest BCUT2D eigenvalue weighted by molar-refractivity contribution is 1.07. The second-order valence-corrected chi connectivity index (χ2v) is 14.8. The third-order valence-corrected chi connectivity index (χ3v) is 10.8. The van der Waals surface area contributed by atoms with Crippen LogP contribution in [0, 0.1) is 6.57 Å². The predicted molar refractivity (Wildman–Crippen MR) is 251 cm³/mol. The molecule has 0 saturated heterocycles. The smallest absolute Gasteiger partial charge is 0.187 e. The molecule has 0 amide bonds. The third-order valence-electron chi connectivity index (χ3n) is 10.8. The van der Waals surface area contributed by atoms with Gasteiger partial charge in [0.25, 0.3) is 0 Å². The van der Waals surface area contributed by atoms with Gasteiger partial charge in [0.15, 0.2) is 29.0 Å². The van der Waals surface area contributed by atoms with Crippen LogP contribution in [-0.4, -0.2) is 24.9 Å². The standard InChI is InChI=1S/C56H36N6/c1-57-46-29-17-27-43(35-46)44-32-33-48(47-30-14-15-31-49(47)52-37-51(39-20-8-3-9-21-39)58-53(59-52)40-22-10-4-11-23-40)50(36-44)56-61-54(41-24-12-5-13-25-41)60-55(62-56)45-28-16-26-42(34-45)38-18-6-2-7-19-38/h2-37H. The van der Waals surface area contributed by atoms with E-state index in [-0.39, 0.29) is 0 Å². The van der Waals surface area contributed by atoms with Crippen LogP contribution < -0.4 is 0 Å². The van der Waals surface area contributed by atoms with Crippen molar-refractivity contribution in [1.29, 1.82) is 0 Å². The van der Waals surface area contributed by atoms with Crippen LogP contribution >= 0.6 is 0 Å². The Labute approximate surface area is 360 Å². The average molecular weight is 793 g/mol. The van der Waals surface area contributed by atoms with E-state index in [4.69, 9.17) is 31.5 Å². The van der Waals surface area contributed by atoms with Gasteiger partial charge in [0.1, 0.15) is 0 Å². The number of nitrogens with zero attached hydrogens (tertiary/aromatic N) is 6. The Bertz CT molecular complexity index is 3180. The number of rotatable bonds is 9. The van der Waals surface area contributed by atoms with Crippen LogP contribution in [0.3, 0.4) is 0 Å². The Morgan fingerprint density at radius 2 is 0.710 bits per heavy atom. The first-order valence-corrected chi connectivity index (χ1v) is 20.4. The van der Waals surface area contributed by atoms with E-state index < -0.39 is 0 Å². The third kappa shape index (κ3) is 7.78. The van der Waals surface area contributed by atoms with Crippen LogP contribution in [0.15, 0.2) is 218 Å².